The molecule has 3 aromatic rings. The van der Waals surface area contributed by atoms with E-state index in [2.05, 4.69) is 29.5 Å². The van der Waals surface area contributed by atoms with E-state index in [1.54, 1.807) is 11.4 Å². The van der Waals surface area contributed by atoms with E-state index < -0.39 is 0 Å². The number of hydrogen-bond acceptors (Lipinski definition) is 5. The van der Waals surface area contributed by atoms with Gasteiger partial charge in [0.2, 0.25) is 5.91 Å². The van der Waals surface area contributed by atoms with E-state index in [4.69, 9.17) is 0 Å². The highest BCUT2D eigenvalue weighted by atomic mass is 32.1. The topological polar surface area (TPSA) is 71.1 Å². The van der Waals surface area contributed by atoms with Crippen LogP contribution < -0.4 is 10.6 Å². The van der Waals surface area contributed by atoms with Gasteiger partial charge in [-0.05, 0) is 35.4 Å². The third kappa shape index (κ3) is 5.02. The van der Waals surface area contributed by atoms with Crippen LogP contribution in [0, 0.1) is 0 Å². The fourth-order valence-electron chi connectivity index (χ4n) is 2.63. The Kier molecular flexibility index (Phi) is 6.36. The van der Waals surface area contributed by atoms with Crippen molar-refractivity contribution in [2.24, 2.45) is 0 Å². The van der Waals surface area contributed by atoms with Gasteiger partial charge in [-0.3, -0.25) is 14.9 Å². The third-order valence-corrected chi connectivity index (χ3v) is 5.91. The van der Waals surface area contributed by atoms with Crippen molar-refractivity contribution in [3.05, 3.63) is 63.3 Å². The predicted molar refractivity (Wildman–Crippen MR) is 112 cm³/mol. The molecule has 140 valence electrons. The molecule has 7 heteroatoms. The van der Waals surface area contributed by atoms with Crippen molar-refractivity contribution in [1.29, 1.82) is 0 Å². The molecule has 0 saturated heterocycles. The van der Waals surface area contributed by atoms with Crippen molar-refractivity contribution in [2.45, 2.75) is 32.6 Å². The number of rotatable bonds is 7. The molecule has 1 atom stereocenters. The smallest absolute Gasteiger partial charge is 0.267 e. The number of para-hydroxylation sites is 1. The Morgan fingerprint density at radius 1 is 1.11 bits per heavy atom. The summed E-state index contributed by atoms with van der Waals surface area (Å²) in [4.78, 5) is 29.5. The molecular formula is C20H21N3O2S2. The zero-order chi connectivity index (χ0) is 19.2. The summed E-state index contributed by atoms with van der Waals surface area (Å²) < 4.78 is 0. The molecule has 0 fully saturated rings. The van der Waals surface area contributed by atoms with Gasteiger partial charge in [0.1, 0.15) is 0 Å². The van der Waals surface area contributed by atoms with Gasteiger partial charge < -0.3 is 5.32 Å². The maximum Gasteiger partial charge on any atom is 0.267 e. The quantitative estimate of drug-likeness (QED) is 0.577. The summed E-state index contributed by atoms with van der Waals surface area (Å²) in [5, 5.41) is 9.90. The molecule has 0 aliphatic rings. The van der Waals surface area contributed by atoms with Crippen LogP contribution in [0.5, 0.6) is 0 Å². The Balaban J connectivity index is 1.61. The lowest BCUT2D eigenvalue weighted by Gasteiger charge is -2.15. The summed E-state index contributed by atoms with van der Waals surface area (Å²) in [5.41, 5.74) is 2.62. The normalized spacial score (nSPS) is 11.8. The van der Waals surface area contributed by atoms with Crippen LogP contribution in [0.4, 0.5) is 10.8 Å². The molecule has 1 unspecified atom stereocenters. The van der Waals surface area contributed by atoms with Crippen LogP contribution in [0.2, 0.25) is 0 Å². The maximum atomic E-state index is 12.4. The van der Waals surface area contributed by atoms with Crippen LogP contribution >= 0.6 is 22.7 Å². The first-order valence-corrected chi connectivity index (χ1v) is 10.5. The molecule has 2 aromatic heterocycles. The van der Waals surface area contributed by atoms with Gasteiger partial charge in [-0.25, -0.2) is 4.98 Å². The molecule has 5 nitrogen and oxygen atoms in total. The van der Waals surface area contributed by atoms with Gasteiger partial charge in [-0.2, -0.15) is 0 Å². The lowest BCUT2D eigenvalue weighted by molar-refractivity contribution is -0.115. The summed E-state index contributed by atoms with van der Waals surface area (Å²) in [6, 6.07) is 11.5. The number of thiazole rings is 1. The summed E-state index contributed by atoms with van der Waals surface area (Å²) in [6.45, 7) is 4.28. The average Bonchev–Trinajstić information content (AvgIpc) is 3.33. The minimum atomic E-state index is -0.183. The van der Waals surface area contributed by atoms with Gasteiger partial charge in [-0.1, -0.05) is 38.1 Å². The van der Waals surface area contributed by atoms with E-state index in [0.29, 0.717) is 21.6 Å². The first kappa shape index (κ1) is 19.3. The third-order valence-electron chi connectivity index (χ3n) is 4.24. The van der Waals surface area contributed by atoms with Crippen LogP contribution in [0.1, 0.15) is 47.1 Å². The van der Waals surface area contributed by atoms with Crippen molar-refractivity contribution in [1.82, 2.24) is 4.98 Å². The highest BCUT2D eigenvalue weighted by Crippen LogP contribution is 2.26. The van der Waals surface area contributed by atoms with Crippen molar-refractivity contribution < 1.29 is 9.59 Å². The van der Waals surface area contributed by atoms with E-state index >= 15 is 0 Å². The van der Waals surface area contributed by atoms with Crippen molar-refractivity contribution in [3.63, 3.8) is 0 Å². The van der Waals surface area contributed by atoms with Gasteiger partial charge in [0.25, 0.3) is 5.91 Å². The zero-order valence-electron chi connectivity index (χ0n) is 15.2. The van der Waals surface area contributed by atoms with Crippen LogP contribution in [0.25, 0.3) is 0 Å². The number of aromatic nitrogens is 1. The van der Waals surface area contributed by atoms with E-state index in [1.807, 2.05) is 35.7 Å². The van der Waals surface area contributed by atoms with E-state index in [0.717, 1.165) is 17.7 Å². The molecular weight excluding hydrogens is 378 g/mol. The SMILES string of the molecule is CCC(C)c1ccccc1NC(=O)Cc1csc(NC(=O)c2cccs2)n1. The Labute approximate surface area is 166 Å². The minimum absolute atomic E-state index is 0.118. The summed E-state index contributed by atoms with van der Waals surface area (Å²) in [6.07, 6.45) is 1.17. The second-order valence-corrected chi connectivity index (χ2v) is 8.00. The Bertz CT molecular complexity index is 919. The molecule has 0 spiro atoms. The molecule has 2 amide bonds. The van der Waals surface area contributed by atoms with Gasteiger partial charge in [-0.15, -0.1) is 22.7 Å². The van der Waals surface area contributed by atoms with Crippen LogP contribution in [0.15, 0.2) is 47.2 Å². The second-order valence-electron chi connectivity index (χ2n) is 6.20. The number of nitrogens with zero attached hydrogens (tertiary/aromatic N) is 1. The van der Waals surface area contributed by atoms with Crippen LogP contribution in [-0.4, -0.2) is 16.8 Å². The first-order valence-electron chi connectivity index (χ1n) is 8.74. The summed E-state index contributed by atoms with van der Waals surface area (Å²) in [5.74, 6) is 0.0739. The van der Waals surface area contributed by atoms with Gasteiger partial charge >= 0.3 is 0 Å². The summed E-state index contributed by atoms with van der Waals surface area (Å²) in [7, 11) is 0. The predicted octanol–water partition coefficient (Wildman–Crippen LogP) is 5.15. The maximum absolute atomic E-state index is 12.4. The highest BCUT2D eigenvalue weighted by Gasteiger charge is 2.14. The van der Waals surface area contributed by atoms with E-state index in [9.17, 15) is 9.59 Å². The molecule has 27 heavy (non-hydrogen) atoms. The van der Waals surface area contributed by atoms with Crippen LogP contribution in [0.3, 0.4) is 0 Å². The average molecular weight is 400 g/mol. The largest absolute Gasteiger partial charge is 0.325 e. The number of carbonyl (C=O) groups excluding carboxylic acids is 2. The van der Waals surface area contributed by atoms with E-state index in [1.165, 1.54) is 22.7 Å². The minimum Gasteiger partial charge on any atom is -0.325 e. The molecule has 0 aliphatic carbocycles. The van der Waals surface area contributed by atoms with Gasteiger partial charge in [0.15, 0.2) is 5.13 Å². The molecule has 0 aliphatic heterocycles. The fourth-order valence-corrected chi connectivity index (χ4v) is 3.96. The molecule has 1 aromatic carbocycles. The monoisotopic (exact) mass is 399 g/mol. The number of amides is 2. The van der Waals surface area contributed by atoms with E-state index in [-0.39, 0.29) is 18.2 Å². The van der Waals surface area contributed by atoms with Gasteiger partial charge in [0.05, 0.1) is 17.0 Å². The highest BCUT2D eigenvalue weighted by molar-refractivity contribution is 7.14. The lowest BCUT2D eigenvalue weighted by atomic mass is 9.97. The molecule has 2 N–H and O–H groups in total. The standard InChI is InChI=1S/C20H21N3O2S2/c1-3-13(2)15-7-4-5-8-16(15)22-18(24)11-14-12-27-20(21-14)23-19(25)17-9-6-10-26-17/h4-10,12-13H,3,11H2,1-2H3,(H,22,24)(H,21,23,25). The van der Waals surface area contributed by atoms with Crippen molar-refractivity contribution in [3.8, 4) is 0 Å². The number of nitrogens with one attached hydrogen (secondary N) is 2. The Morgan fingerprint density at radius 2 is 1.93 bits per heavy atom. The second kappa shape index (κ2) is 8.92. The zero-order valence-corrected chi connectivity index (χ0v) is 16.8. The number of benzene rings is 1. The Morgan fingerprint density at radius 3 is 2.67 bits per heavy atom. The fraction of sp³-hybridized carbons (Fsp3) is 0.250. The number of hydrogen-bond donors (Lipinski definition) is 2. The molecule has 0 bridgehead atoms. The molecule has 3 rings (SSSR count). The Hall–Kier alpha value is -2.51. The molecule has 2 heterocycles. The lowest BCUT2D eigenvalue weighted by Crippen LogP contribution is -2.16. The number of thiophene rings is 1. The van der Waals surface area contributed by atoms with Crippen LogP contribution in [-0.2, 0) is 11.2 Å². The molecule has 0 radical (unpaired) electrons. The van der Waals surface area contributed by atoms with Gasteiger partial charge in [0, 0.05) is 11.1 Å². The number of carbonyl (C=O) groups is 2. The first-order chi connectivity index (χ1) is 13.1. The molecule has 0 saturated carbocycles. The van der Waals surface area contributed by atoms with Crippen molar-refractivity contribution in [2.75, 3.05) is 10.6 Å². The summed E-state index contributed by atoms with van der Waals surface area (Å²) >= 11 is 2.69. The van der Waals surface area contributed by atoms with Crippen molar-refractivity contribution >= 4 is 45.3 Å². The number of anilines is 2.